The van der Waals surface area contributed by atoms with Gasteiger partial charge in [0, 0.05) is 37.7 Å². The number of hydrogen-bond donors (Lipinski definition) is 0. The van der Waals surface area contributed by atoms with Crippen molar-refractivity contribution < 1.29 is 13.7 Å². The summed E-state index contributed by atoms with van der Waals surface area (Å²) < 4.78 is 18.7. The Morgan fingerprint density at radius 3 is 2.76 bits per heavy atom. The van der Waals surface area contributed by atoms with Crippen LogP contribution < -0.4 is 0 Å². The Bertz CT molecular complexity index is 779. The molecular weight excluding hydrogens is 323 g/mol. The number of aryl methyl sites for hydroxylation is 1. The summed E-state index contributed by atoms with van der Waals surface area (Å²) in [5.74, 6) is 1.45. The summed E-state index contributed by atoms with van der Waals surface area (Å²) in [4.78, 5) is 21.1. The summed E-state index contributed by atoms with van der Waals surface area (Å²) in [6.45, 7) is 5.18. The highest BCUT2D eigenvalue weighted by molar-refractivity contribution is 5.95. The van der Waals surface area contributed by atoms with Crippen LogP contribution in [0.4, 0.5) is 4.39 Å². The Morgan fingerprint density at radius 1 is 1.28 bits per heavy atom. The van der Waals surface area contributed by atoms with Crippen LogP contribution in [0.1, 0.15) is 46.4 Å². The summed E-state index contributed by atoms with van der Waals surface area (Å²) in [5, 5.41) is 4.04. The maximum absolute atomic E-state index is 13.4. The van der Waals surface area contributed by atoms with E-state index in [9.17, 15) is 9.18 Å². The van der Waals surface area contributed by atoms with Crippen LogP contribution in [0, 0.1) is 12.7 Å². The van der Waals surface area contributed by atoms with E-state index in [-0.39, 0.29) is 11.7 Å². The number of carbonyl (C=O) groups excluding carboxylic acids is 1. The largest absolute Gasteiger partial charge is 0.339 e. The molecule has 1 saturated carbocycles. The zero-order valence-corrected chi connectivity index (χ0v) is 14.2. The highest BCUT2D eigenvalue weighted by Gasteiger charge is 2.30. The number of nitrogens with zero attached hydrogens (tertiary/aromatic N) is 4. The average molecular weight is 344 g/mol. The van der Waals surface area contributed by atoms with Crippen molar-refractivity contribution >= 4 is 5.91 Å². The van der Waals surface area contributed by atoms with Crippen LogP contribution in [0.15, 0.2) is 22.7 Å². The van der Waals surface area contributed by atoms with E-state index >= 15 is 0 Å². The van der Waals surface area contributed by atoms with Gasteiger partial charge >= 0.3 is 0 Å². The van der Waals surface area contributed by atoms with Crippen molar-refractivity contribution in [1.29, 1.82) is 0 Å². The Kier molecular flexibility index (Phi) is 4.25. The van der Waals surface area contributed by atoms with E-state index < -0.39 is 0 Å². The van der Waals surface area contributed by atoms with Crippen LogP contribution in [0.25, 0.3) is 0 Å². The minimum atomic E-state index is -0.379. The summed E-state index contributed by atoms with van der Waals surface area (Å²) in [6.07, 6.45) is 2.28. The summed E-state index contributed by atoms with van der Waals surface area (Å²) in [5.41, 5.74) is 1.24. The van der Waals surface area contributed by atoms with Crippen LogP contribution in [0.3, 0.4) is 0 Å². The predicted octanol–water partition coefficient (Wildman–Crippen LogP) is 2.35. The Morgan fingerprint density at radius 2 is 2.04 bits per heavy atom. The molecule has 2 aromatic rings. The Labute approximate surface area is 145 Å². The van der Waals surface area contributed by atoms with E-state index in [4.69, 9.17) is 4.52 Å². The molecule has 0 bridgehead atoms. The lowest BCUT2D eigenvalue weighted by Crippen LogP contribution is -2.48. The predicted molar refractivity (Wildman–Crippen MR) is 88.6 cm³/mol. The van der Waals surface area contributed by atoms with E-state index in [1.54, 1.807) is 11.0 Å². The molecule has 1 aliphatic heterocycles. The van der Waals surface area contributed by atoms with Crippen LogP contribution in [-0.2, 0) is 6.54 Å². The second-order valence-electron chi connectivity index (χ2n) is 6.85. The van der Waals surface area contributed by atoms with Crippen molar-refractivity contribution in [3.63, 3.8) is 0 Å². The molecule has 132 valence electrons. The maximum atomic E-state index is 13.4. The lowest BCUT2D eigenvalue weighted by Gasteiger charge is -2.34. The molecule has 4 rings (SSSR count). The lowest BCUT2D eigenvalue weighted by atomic mass is 10.1. The first kappa shape index (κ1) is 16.2. The third-order valence-corrected chi connectivity index (χ3v) is 4.86. The van der Waals surface area contributed by atoms with E-state index in [1.165, 1.54) is 12.1 Å². The van der Waals surface area contributed by atoms with Gasteiger partial charge in [0.15, 0.2) is 5.82 Å². The van der Waals surface area contributed by atoms with Crippen LogP contribution in [0.2, 0.25) is 0 Å². The molecule has 6 nitrogen and oxygen atoms in total. The van der Waals surface area contributed by atoms with Crippen molar-refractivity contribution in [2.45, 2.75) is 32.2 Å². The molecular formula is C18H21FN4O2. The molecule has 1 amide bonds. The monoisotopic (exact) mass is 344 g/mol. The lowest BCUT2D eigenvalue weighted by molar-refractivity contribution is 0.0623. The zero-order valence-electron chi connectivity index (χ0n) is 14.2. The van der Waals surface area contributed by atoms with Crippen molar-refractivity contribution in [2.75, 3.05) is 26.2 Å². The molecule has 0 N–H and O–H groups in total. The third kappa shape index (κ3) is 3.56. The molecule has 25 heavy (non-hydrogen) atoms. The number of piperazine rings is 1. The number of carbonyl (C=O) groups is 1. The van der Waals surface area contributed by atoms with Gasteiger partial charge in [-0.25, -0.2) is 4.39 Å². The molecule has 1 aromatic carbocycles. The topological polar surface area (TPSA) is 62.5 Å². The van der Waals surface area contributed by atoms with Gasteiger partial charge in [-0.05, 0) is 37.5 Å². The number of benzene rings is 1. The minimum absolute atomic E-state index is 0.104. The van der Waals surface area contributed by atoms with Gasteiger partial charge < -0.3 is 9.42 Å². The van der Waals surface area contributed by atoms with Gasteiger partial charge in [-0.3, -0.25) is 9.69 Å². The minimum Gasteiger partial charge on any atom is -0.339 e. The first-order valence-corrected chi connectivity index (χ1v) is 8.70. The fraction of sp³-hybridized carbons (Fsp3) is 0.500. The highest BCUT2D eigenvalue weighted by Crippen LogP contribution is 2.38. The van der Waals surface area contributed by atoms with Crippen molar-refractivity contribution in [3.8, 4) is 0 Å². The van der Waals surface area contributed by atoms with Gasteiger partial charge in [0.2, 0.25) is 5.89 Å². The molecule has 0 radical (unpaired) electrons. The molecule has 2 aliphatic rings. The van der Waals surface area contributed by atoms with E-state index in [0.717, 1.165) is 37.4 Å². The number of hydrogen-bond acceptors (Lipinski definition) is 5. The number of aromatic nitrogens is 2. The maximum Gasteiger partial charge on any atom is 0.254 e. The van der Waals surface area contributed by atoms with E-state index in [2.05, 4.69) is 15.0 Å². The zero-order chi connectivity index (χ0) is 17.4. The molecule has 1 saturated heterocycles. The second kappa shape index (κ2) is 6.55. The smallest absolute Gasteiger partial charge is 0.254 e. The molecule has 7 heteroatoms. The SMILES string of the molecule is Cc1ccc(F)cc1C(=O)N1CCN(Cc2noc(C3CC3)n2)CC1. The second-order valence-corrected chi connectivity index (χ2v) is 6.85. The molecule has 0 atom stereocenters. The van der Waals surface area contributed by atoms with Gasteiger partial charge in [-0.15, -0.1) is 0 Å². The molecule has 2 heterocycles. The average Bonchev–Trinajstić information content (AvgIpc) is 3.37. The number of amides is 1. The van der Waals surface area contributed by atoms with Crippen molar-refractivity contribution in [2.24, 2.45) is 0 Å². The van der Waals surface area contributed by atoms with Gasteiger partial charge in [-0.1, -0.05) is 11.2 Å². The fourth-order valence-electron chi connectivity index (χ4n) is 3.13. The van der Waals surface area contributed by atoms with Gasteiger partial charge in [-0.2, -0.15) is 4.98 Å². The Hall–Kier alpha value is -2.28. The first-order valence-electron chi connectivity index (χ1n) is 8.70. The number of halogens is 1. The molecule has 0 spiro atoms. The van der Waals surface area contributed by atoms with E-state index in [1.807, 2.05) is 6.92 Å². The summed E-state index contributed by atoms with van der Waals surface area (Å²) in [7, 11) is 0. The van der Waals surface area contributed by atoms with Crippen LogP contribution in [-0.4, -0.2) is 52.0 Å². The molecule has 2 fully saturated rings. The van der Waals surface area contributed by atoms with Crippen LogP contribution >= 0.6 is 0 Å². The first-order chi connectivity index (χ1) is 12.1. The van der Waals surface area contributed by atoms with E-state index in [0.29, 0.717) is 36.9 Å². The normalized spacial score (nSPS) is 18.6. The molecule has 1 aliphatic carbocycles. The standard InChI is InChI=1S/C18H21FN4O2/c1-12-2-5-14(19)10-15(12)18(24)23-8-6-22(7-9-23)11-16-20-17(25-21-16)13-3-4-13/h2,5,10,13H,3-4,6-9,11H2,1H3. The molecule has 0 unspecified atom stereocenters. The van der Waals surface area contributed by atoms with Gasteiger partial charge in [0.05, 0.1) is 6.54 Å². The van der Waals surface area contributed by atoms with Crippen molar-refractivity contribution in [1.82, 2.24) is 19.9 Å². The quantitative estimate of drug-likeness (QED) is 0.852. The fourth-order valence-corrected chi connectivity index (χ4v) is 3.13. The summed E-state index contributed by atoms with van der Waals surface area (Å²) in [6, 6.07) is 4.35. The van der Waals surface area contributed by atoms with Crippen molar-refractivity contribution in [3.05, 3.63) is 46.9 Å². The van der Waals surface area contributed by atoms with Crippen LogP contribution in [0.5, 0.6) is 0 Å². The van der Waals surface area contributed by atoms with Gasteiger partial charge in [0.1, 0.15) is 5.82 Å². The number of rotatable bonds is 4. The summed E-state index contributed by atoms with van der Waals surface area (Å²) >= 11 is 0. The highest BCUT2D eigenvalue weighted by atomic mass is 19.1. The Balaban J connectivity index is 1.34. The molecule has 1 aromatic heterocycles. The third-order valence-electron chi connectivity index (χ3n) is 4.86. The van der Waals surface area contributed by atoms with Gasteiger partial charge in [0.25, 0.3) is 5.91 Å².